The van der Waals surface area contributed by atoms with Gasteiger partial charge >= 0.3 is 0 Å². The zero-order chi connectivity index (χ0) is 13.4. The van der Waals surface area contributed by atoms with Crippen LogP contribution >= 0.6 is 0 Å². The Balaban J connectivity index is 2.83. The molecular weight excluding hydrogens is 252 g/mol. The second kappa shape index (κ2) is 6.77. The SMILES string of the molecule is N#CCS(=O)(=O)NCc1ccccc1C#CCO. The van der Waals surface area contributed by atoms with Gasteiger partial charge in [-0.2, -0.15) is 5.26 Å². The number of aliphatic hydroxyl groups is 1. The first-order valence-electron chi connectivity index (χ1n) is 5.11. The monoisotopic (exact) mass is 264 g/mol. The van der Waals surface area contributed by atoms with Crippen molar-refractivity contribution in [2.75, 3.05) is 12.4 Å². The lowest BCUT2D eigenvalue weighted by molar-refractivity contribution is 0.350. The van der Waals surface area contributed by atoms with Crippen LogP contribution in [-0.4, -0.2) is 25.9 Å². The zero-order valence-corrected chi connectivity index (χ0v) is 10.4. The van der Waals surface area contributed by atoms with E-state index in [1.165, 1.54) is 0 Å². The molecule has 0 spiro atoms. The predicted octanol–water partition coefficient (Wildman–Crippen LogP) is -0.0266. The van der Waals surface area contributed by atoms with E-state index in [2.05, 4.69) is 16.6 Å². The van der Waals surface area contributed by atoms with Gasteiger partial charge in [0.25, 0.3) is 0 Å². The minimum Gasteiger partial charge on any atom is -0.384 e. The molecule has 0 amide bonds. The molecule has 0 saturated heterocycles. The Morgan fingerprint density at radius 1 is 1.33 bits per heavy atom. The van der Waals surface area contributed by atoms with Crippen LogP contribution < -0.4 is 4.72 Å². The molecule has 1 rings (SSSR count). The summed E-state index contributed by atoms with van der Waals surface area (Å²) < 4.78 is 25.0. The standard InChI is InChI=1S/C12H12N2O3S/c13-7-9-18(16,17)14-10-12-5-2-1-4-11(12)6-3-8-15/h1-2,4-5,14-15H,8-10H2. The molecule has 0 saturated carbocycles. The van der Waals surface area contributed by atoms with Gasteiger partial charge in [0.2, 0.25) is 10.0 Å². The highest BCUT2D eigenvalue weighted by atomic mass is 32.2. The number of nitriles is 1. The van der Waals surface area contributed by atoms with Crippen molar-refractivity contribution in [2.24, 2.45) is 0 Å². The molecule has 0 aromatic heterocycles. The van der Waals surface area contributed by atoms with Crippen LogP contribution in [0.15, 0.2) is 24.3 Å². The average molecular weight is 264 g/mol. The van der Waals surface area contributed by atoms with Crippen LogP contribution in [-0.2, 0) is 16.6 Å². The molecule has 0 fully saturated rings. The Morgan fingerprint density at radius 2 is 2.06 bits per heavy atom. The Bertz CT molecular complexity index is 606. The Morgan fingerprint density at radius 3 is 2.72 bits per heavy atom. The van der Waals surface area contributed by atoms with Gasteiger partial charge in [-0.25, -0.2) is 13.1 Å². The minimum atomic E-state index is -3.58. The van der Waals surface area contributed by atoms with Gasteiger partial charge in [-0.15, -0.1) is 0 Å². The van der Waals surface area contributed by atoms with Crippen molar-refractivity contribution in [1.82, 2.24) is 4.72 Å². The van der Waals surface area contributed by atoms with E-state index in [0.29, 0.717) is 11.1 Å². The third-order valence-electron chi connectivity index (χ3n) is 2.06. The van der Waals surface area contributed by atoms with Crippen molar-refractivity contribution in [3.63, 3.8) is 0 Å². The molecule has 0 aliphatic carbocycles. The summed E-state index contributed by atoms with van der Waals surface area (Å²) in [7, 11) is -3.58. The summed E-state index contributed by atoms with van der Waals surface area (Å²) in [5.74, 6) is 4.66. The largest absolute Gasteiger partial charge is 0.384 e. The Hall–Kier alpha value is -1.86. The highest BCUT2D eigenvalue weighted by Gasteiger charge is 2.09. The smallest absolute Gasteiger partial charge is 0.225 e. The van der Waals surface area contributed by atoms with Crippen LogP contribution in [0, 0.1) is 23.2 Å². The molecule has 18 heavy (non-hydrogen) atoms. The van der Waals surface area contributed by atoms with E-state index >= 15 is 0 Å². The van der Waals surface area contributed by atoms with E-state index in [1.807, 2.05) is 0 Å². The molecule has 0 radical (unpaired) electrons. The van der Waals surface area contributed by atoms with Crippen LogP contribution in [0.2, 0.25) is 0 Å². The second-order valence-electron chi connectivity index (χ2n) is 3.36. The number of hydrogen-bond acceptors (Lipinski definition) is 4. The van der Waals surface area contributed by atoms with E-state index in [0.717, 1.165) is 0 Å². The van der Waals surface area contributed by atoms with Gasteiger partial charge in [0.15, 0.2) is 5.75 Å². The van der Waals surface area contributed by atoms with E-state index in [4.69, 9.17) is 10.4 Å². The third kappa shape index (κ3) is 4.56. The number of aliphatic hydroxyl groups excluding tert-OH is 1. The van der Waals surface area contributed by atoms with Gasteiger partial charge in [-0.05, 0) is 11.6 Å². The first-order valence-corrected chi connectivity index (χ1v) is 6.76. The topological polar surface area (TPSA) is 90.2 Å². The Labute approximate surface area is 106 Å². The molecule has 0 bridgehead atoms. The number of benzene rings is 1. The van der Waals surface area contributed by atoms with Gasteiger partial charge in [0, 0.05) is 12.1 Å². The summed E-state index contributed by atoms with van der Waals surface area (Å²) in [6, 6.07) is 8.58. The van der Waals surface area contributed by atoms with Crippen molar-refractivity contribution in [2.45, 2.75) is 6.54 Å². The normalized spacial score (nSPS) is 10.2. The summed E-state index contributed by atoms with van der Waals surface area (Å²) in [4.78, 5) is 0. The molecule has 5 nitrogen and oxygen atoms in total. The molecule has 94 valence electrons. The third-order valence-corrected chi connectivity index (χ3v) is 3.15. The lowest BCUT2D eigenvalue weighted by Crippen LogP contribution is -2.25. The van der Waals surface area contributed by atoms with Crippen molar-refractivity contribution >= 4 is 10.0 Å². The maximum Gasteiger partial charge on any atom is 0.225 e. The van der Waals surface area contributed by atoms with E-state index in [9.17, 15) is 8.42 Å². The van der Waals surface area contributed by atoms with Gasteiger partial charge < -0.3 is 5.11 Å². The van der Waals surface area contributed by atoms with Crippen molar-refractivity contribution < 1.29 is 13.5 Å². The maximum atomic E-state index is 11.3. The fraction of sp³-hybridized carbons (Fsp3) is 0.250. The van der Waals surface area contributed by atoms with E-state index in [1.54, 1.807) is 30.3 Å². The second-order valence-corrected chi connectivity index (χ2v) is 5.16. The van der Waals surface area contributed by atoms with Crippen LogP contribution in [0.5, 0.6) is 0 Å². The number of nitrogens with one attached hydrogen (secondary N) is 1. The number of nitrogens with zero attached hydrogens (tertiary/aromatic N) is 1. The minimum absolute atomic E-state index is 0.0697. The quantitative estimate of drug-likeness (QED) is 0.747. The Kier molecular flexibility index (Phi) is 5.34. The molecular formula is C12H12N2O3S. The van der Waals surface area contributed by atoms with E-state index < -0.39 is 15.8 Å². The lowest BCUT2D eigenvalue weighted by Gasteiger charge is -2.05. The summed E-state index contributed by atoms with van der Waals surface area (Å²) >= 11 is 0. The van der Waals surface area contributed by atoms with Crippen LogP contribution in [0.25, 0.3) is 0 Å². The van der Waals surface area contributed by atoms with Crippen molar-refractivity contribution in [3.8, 4) is 17.9 Å². The van der Waals surface area contributed by atoms with Gasteiger partial charge in [0.1, 0.15) is 6.61 Å². The van der Waals surface area contributed by atoms with Gasteiger partial charge in [0.05, 0.1) is 6.07 Å². The fourth-order valence-electron chi connectivity index (χ4n) is 1.25. The van der Waals surface area contributed by atoms with Gasteiger partial charge in [-0.3, -0.25) is 0 Å². The highest BCUT2D eigenvalue weighted by Crippen LogP contribution is 2.07. The van der Waals surface area contributed by atoms with Crippen molar-refractivity contribution in [1.29, 1.82) is 5.26 Å². The molecule has 0 aliphatic heterocycles. The lowest BCUT2D eigenvalue weighted by atomic mass is 10.1. The summed E-state index contributed by atoms with van der Waals surface area (Å²) in [5, 5.41) is 17.0. The molecule has 0 atom stereocenters. The number of rotatable bonds is 4. The predicted molar refractivity (Wildman–Crippen MR) is 66.6 cm³/mol. The summed E-state index contributed by atoms with van der Waals surface area (Å²) in [5.41, 5.74) is 1.34. The van der Waals surface area contributed by atoms with Gasteiger partial charge in [-0.1, -0.05) is 30.0 Å². The molecule has 1 aromatic carbocycles. The first kappa shape index (κ1) is 14.2. The van der Waals surface area contributed by atoms with Crippen LogP contribution in [0.3, 0.4) is 0 Å². The van der Waals surface area contributed by atoms with Crippen molar-refractivity contribution in [3.05, 3.63) is 35.4 Å². The van der Waals surface area contributed by atoms with E-state index in [-0.39, 0.29) is 13.2 Å². The number of sulfonamides is 1. The highest BCUT2D eigenvalue weighted by molar-refractivity contribution is 7.89. The molecule has 0 aliphatic rings. The zero-order valence-electron chi connectivity index (χ0n) is 9.55. The molecule has 0 heterocycles. The fourth-order valence-corrected chi connectivity index (χ4v) is 1.90. The molecule has 6 heteroatoms. The average Bonchev–Trinajstić information content (AvgIpc) is 2.35. The van der Waals surface area contributed by atoms with Crippen LogP contribution in [0.1, 0.15) is 11.1 Å². The maximum absolute atomic E-state index is 11.3. The molecule has 1 aromatic rings. The van der Waals surface area contributed by atoms with Crippen LogP contribution in [0.4, 0.5) is 0 Å². The molecule has 2 N–H and O–H groups in total. The summed E-state index contributed by atoms with van der Waals surface area (Å²) in [6.07, 6.45) is 0. The first-order chi connectivity index (χ1) is 8.59. The summed E-state index contributed by atoms with van der Waals surface area (Å²) in [6.45, 7) is -0.186. The molecule has 0 unspecified atom stereocenters. The number of hydrogen-bond donors (Lipinski definition) is 2.